The Morgan fingerprint density at radius 3 is 2.17 bits per heavy atom. The number of nitrogens with zero attached hydrogens (tertiary/aromatic N) is 1. The maximum atomic E-state index is 12.9. The second-order valence-corrected chi connectivity index (χ2v) is 8.95. The van der Waals surface area contributed by atoms with E-state index in [1.54, 1.807) is 4.90 Å². The second-order valence-electron chi connectivity index (χ2n) is 8.95. The van der Waals surface area contributed by atoms with Gasteiger partial charge in [0.25, 0.3) is 0 Å². The van der Waals surface area contributed by atoms with Crippen molar-refractivity contribution in [3.8, 4) is 11.1 Å². The van der Waals surface area contributed by atoms with Gasteiger partial charge in [0.1, 0.15) is 6.61 Å². The number of benzene rings is 2. The molecule has 0 unspecified atom stereocenters. The molecule has 29 heavy (non-hydrogen) atoms. The second kappa shape index (κ2) is 6.34. The number of hydrogen-bond donors (Lipinski definition) is 1. The Morgan fingerprint density at radius 1 is 1.03 bits per heavy atom. The van der Waals surface area contributed by atoms with E-state index in [0.29, 0.717) is 19.4 Å². The van der Waals surface area contributed by atoms with Gasteiger partial charge >= 0.3 is 12.1 Å². The lowest BCUT2D eigenvalue weighted by Gasteiger charge is -2.61. The third-order valence-corrected chi connectivity index (χ3v) is 7.24. The van der Waals surface area contributed by atoms with E-state index in [2.05, 4.69) is 31.2 Å². The summed E-state index contributed by atoms with van der Waals surface area (Å²) in [6.07, 6.45) is 1.82. The summed E-state index contributed by atoms with van der Waals surface area (Å²) in [4.78, 5) is 26.3. The predicted octanol–water partition coefficient (Wildman–Crippen LogP) is 4.51. The summed E-state index contributed by atoms with van der Waals surface area (Å²) in [6.45, 7) is 3.19. The molecule has 1 amide bonds. The Labute approximate surface area is 170 Å². The zero-order valence-corrected chi connectivity index (χ0v) is 16.6. The van der Waals surface area contributed by atoms with Crippen molar-refractivity contribution >= 4 is 12.1 Å². The molecule has 5 heteroatoms. The van der Waals surface area contributed by atoms with Crippen LogP contribution in [0, 0.1) is 10.8 Å². The van der Waals surface area contributed by atoms with Crippen molar-refractivity contribution in [3.05, 3.63) is 59.7 Å². The van der Waals surface area contributed by atoms with Gasteiger partial charge in [-0.3, -0.25) is 4.79 Å². The van der Waals surface area contributed by atoms with Crippen molar-refractivity contribution in [2.45, 2.75) is 32.1 Å². The van der Waals surface area contributed by atoms with Crippen LogP contribution in [0.5, 0.6) is 0 Å². The molecule has 2 bridgehead atoms. The van der Waals surface area contributed by atoms with Crippen molar-refractivity contribution in [1.82, 2.24) is 4.90 Å². The number of fused-ring (bicyclic) bond motifs is 5. The van der Waals surface area contributed by atoms with Gasteiger partial charge in [-0.1, -0.05) is 55.5 Å². The first-order valence-electron chi connectivity index (χ1n) is 10.3. The number of aliphatic carboxylic acids is 1. The molecule has 6 rings (SSSR count). The smallest absolute Gasteiger partial charge is 0.409 e. The predicted molar refractivity (Wildman–Crippen MR) is 109 cm³/mol. The molecule has 150 valence electrons. The third-order valence-electron chi connectivity index (χ3n) is 7.24. The number of carbonyl (C=O) groups excluding carboxylic acids is 1. The number of amides is 1. The van der Waals surface area contributed by atoms with Gasteiger partial charge in [0.15, 0.2) is 0 Å². The van der Waals surface area contributed by atoms with Crippen LogP contribution in [0.4, 0.5) is 4.79 Å². The Morgan fingerprint density at radius 2 is 1.62 bits per heavy atom. The summed E-state index contributed by atoms with van der Waals surface area (Å²) in [5.74, 6) is -0.781. The van der Waals surface area contributed by atoms with Crippen molar-refractivity contribution in [1.29, 1.82) is 0 Å². The lowest BCUT2D eigenvalue weighted by atomic mass is 9.49. The molecule has 1 N–H and O–H groups in total. The zero-order chi connectivity index (χ0) is 20.2. The highest BCUT2D eigenvalue weighted by atomic mass is 16.6. The van der Waals surface area contributed by atoms with E-state index in [0.717, 1.165) is 6.42 Å². The number of rotatable bonds is 4. The van der Waals surface area contributed by atoms with Crippen molar-refractivity contribution < 1.29 is 19.4 Å². The summed E-state index contributed by atoms with van der Waals surface area (Å²) >= 11 is 0. The van der Waals surface area contributed by atoms with Crippen LogP contribution < -0.4 is 0 Å². The molecule has 1 saturated carbocycles. The summed E-state index contributed by atoms with van der Waals surface area (Å²) in [5.41, 5.74) is 3.88. The molecule has 0 spiro atoms. The Bertz CT molecular complexity index is 946. The molecular formula is C24H25NO4. The number of carboxylic acid groups (broad SMARTS) is 1. The van der Waals surface area contributed by atoms with Gasteiger partial charge in [-0.2, -0.15) is 0 Å². The molecular weight excluding hydrogens is 366 g/mol. The number of carbonyl (C=O) groups is 2. The van der Waals surface area contributed by atoms with Gasteiger partial charge in [0.2, 0.25) is 0 Å². The van der Waals surface area contributed by atoms with E-state index in [1.165, 1.54) is 22.3 Å². The van der Waals surface area contributed by atoms with Gasteiger partial charge in [-0.25, -0.2) is 4.79 Å². The number of carboxylic acids is 1. The van der Waals surface area contributed by atoms with Gasteiger partial charge in [-0.05, 0) is 46.9 Å². The number of ether oxygens (including phenoxy) is 1. The van der Waals surface area contributed by atoms with Gasteiger partial charge in [0, 0.05) is 19.0 Å². The molecule has 0 atom stereocenters. The van der Waals surface area contributed by atoms with Crippen LogP contribution in [0.15, 0.2) is 48.5 Å². The Hall–Kier alpha value is -2.82. The van der Waals surface area contributed by atoms with Gasteiger partial charge < -0.3 is 14.7 Å². The monoisotopic (exact) mass is 391 g/mol. The molecule has 3 fully saturated rings. The molecule has 2 aromatic rings. The van der Waals surface area contributed by atoms with E-state index in [-0.39, 0.29) is 24.5 Å². The third kappa shape index (κ3) is 2.67. The first-order valence-corrected chi connectivity index (χ1v) is 10.3. The van der Waals surface area contributed by atoms with Crippen molar-refractivity contribution in [2.75, 3.05) is 19.7 Å². The molecule has 0 aromatic heterocycles. The molecule has 5 nitrogen and oxygen atoms in total. The maximum absolute atomic E-state index is 12.9. The van der Waals surface area contributed by atoms with E-state index in [9.17, 15) is 14.7 Å². The number of hydrogen-bond acceptors (Lipinski definition) is 3. The zero-order valence-electron chi connectivity index (χ0n) is 16.6. The molecule has 2 heterocycles. The van der Waals surface area contributed by atoms with E-state index >= 15 is 0 Å². The van der Waals surface area contributed by atoms with Gasteiger partial charge in [0.05, 0.1) is 5.41 Å². The molecule has 2 saturated heterocycles. The normalized spacial score (nSPS) is 27.0. The fourth-order valence-corrected chi connectivity index (χ4v) is 5.83. The summed E-state index contributed by atoms with van der Waals surface area (Å²) < 4.78 is 5.76. The fourth-order valence-electron chi connectivity index (χ4n) is 5.83. The minimum Gasteiger partial charge on any atom is -0.481 e. The van der Waals surface area contributed by atoms with Crippen LogP contribution >= 0.6 is 0 Å². The van der Waals surface area contributed by atoms with Gasteiger partial charge in [-0.15, -0.1) is 0 Å². The van der Waals surface area contributed by atoms with Crippen LogP contribution in [-0.4, -0.2) is 41.8 Å². The number of piperidine rings is 2. The quantitative estimate of drug-likeness (QED) is 0.833. The summed E-state index contributed by atoms with van der Waals surface area (Å²) in [6, 6.07) is 16.5. The molecule has 2 aliphatic carbocycles. The first-order chi connectivity index (χ1) is 14.0. The SMILES string of the molecule is CCC12CN(C(=O)OCC3c4ccccc4-c4ccccc43)CC(C(=O)O)(C1)C2. The Balaban J connectivity index is 1.33. The van der Waals surface area contributed by atoms with E-state index in [1.807, 2.05) is 24.3 Å². The van der Waals surface area contributed by atoms with Crippen LogP contribution in [-0.2, 0) is 9.53 Å². The lowest BCUT2D eigenvalue weighted by molar-refractivity contribution is -0.183. The standard InChI is InChI=1S/C24H25NO4/c1-2-23-12-24(13-23,21(26)27)15-25(14-23)22(28)29-11-20-18-9-5-3-7-16(18)17-8-4-6-10-19(17)20/h3-10,20H,2,11-15H2,1H3,(H,26,27). The average molecular weight is 391 g/mol. The van der Waals surface area contributed by atoms with Crippen LogP contribution in [0.2, 0.25) is 0 Å². The highest BCUT2D eigenvalue weighted by Gasteiger charge is 2.63. The summed E-state index contributed by atoms with van der Waals surface area (Å²) in [7, 11) is 0. The van der Waals surface area contributed by atoms with Crippen molar-refractivity contribution in [3.63, 3.8) is 0 Å². The van der Waals surface area contributed by atoms with Crippen LogP contribution in [0.25, 0.3) is 11.1 Å². The largest absolute Gasteiger partial charge is 0.481 e. The lowest BCUT2D eigenvalue weighted by Crippen LogP contribution is -2.66. The highest BCUT2D eigenvalue weighted by molar-refractivity contribution is 5.80. The minimum atomic E-state index is -0.794. The van der Waals surface area contributed by atoms with E-state index in [4.69, 9.17) is 4.74 Å². The first kappa shape index (κ1) is 18.2. The summed E-state index contributed by atoms with van der Waals surface area (Å²) in [5, 5.41) is 9.69. The topological polar surface area (TPSA) is 66.8 Å². The van der Waals surface area contributed by atoms with E-state index < -0.39 is 17.5 Å². The molecule has 4 aliphatic rings. The molecule has 0 radical (unpaired) electrons. The minimum absolute atomic E-state index is 0.0132. The molecule has 2 aromatic carbocycles. The average Bonchev–Trinajstić information content (AvgIpc) is 3.05. The maximum Gasteiger partial charge on any atom is 0.409 e. The fraction of sp³-hybridized carbons (Fsp3) is 0.417. The Kier molecular flexibility index (Phi) is 3.99. The van der Waals surface area contributed by atoms with Crippen LogP contribution in [0.3, 0.4) is 0 Å². The van der Waals surface area contributed by atoms with Crippen LogP contribution in [0.1, 0.15) is 43.2 Å². The molecule has 2 aliphatic heterocycles. The highest BCUT2D eigenvalue weighted by Crippen LogP contribution is 2.60. The van der Waals surface area contributed by atoms with Crippen molar-refractivity contribution in [2.24, 2.45) is 10.8 Å².